The van der Waals surface area contributed by atoms with Crippen LogP contribution in [0.15, 0.2) is 42.5 Å². The van der Waals surface area contributed by atoms with Crippen LogP contribution in [0.25, 0.3) is 0 Å². The van der Waals surface area contributed by atoms with Gasteiger partial charge in [0.05, 0.1) is 6.54 Å². The summed E-state index contributed by atoms with van der Waals surface area (Å²) in [5.41, 5.74) is 2.85. The van der Waals surface area contributed by atoms with Crippen LogP contribution in [0.5, 0.6) is 5.75 Å². The Morgan fingerprint density at radius 1 is 1.00 bits per heavy atom. The maximum Gasteiger partial charge on any atom is 0.319 e. The first-order chi connectivity index (χ1) is 13.2. The van der Waals surface area contributed by atoms with E-state index in [9.17, 15) is 9.59 Å². The van der Waals surface area contributed by atoms with Gasteiger partial charge >= 0.3 is 6.03 Å². The number of nitrogens with one attached hydrogen (secondary N) is 3. The number of carbonyl (C=O) groups is 2. The van der Waals surface area contributed by atoms with Gasteiger partial charge in [-0.05, 0) is 63.9 Å². The minimum atomic E-state index is -0.349. The first-order valence-electron chi connectivity index (χ1n) is 9.32. The molecule has 0 unspecified atom stereocenters. The number of ether oxygens (including phenoxy) is 1. The lowest BCUT2D eigenvalue weighted by atomic mass is 10.1. The van der Waals surface area contributed by atoms with E-state index < -0.39 is 0 Å². The zero-order valence-electron chi connectivity index (χ0n) is 17.2. The molecule has 0 aliphatic rings. The van der Waals surface area contributed by atoms with Crippen LogP contribution in [-0.2, 0) is 0 Å². The molecule has 150 valence electrons. The van der Waals surface area contributed by atoms with Crippen LogP contribution < -0.4 is 20.7 Å². The standard InChI is InChI=1S/C22H29N3O3/c1-15-8-6-9-16(2)19(15)28-13-12-23-21(27)24-18-11-7-10-17(14-18)20(26)25-22(3,4)5/h6-11,14H,12-13H2,1-5H3,(H,25,26)(H2,23,24,27). The van der Waals surface area contributed by atoms with Crippen molar-refractivity contribution in [2.24, 2.45) is 0 Å². The van der Waals surface area contributed by atoms with Gasteiger partial charge in [-0.2, -0.15) is 0 Å². The molecule has 0 saturated carbocycles. The number of urea groups is 1. The topological polar surface area (TPSA) is 79.5 Å². The molecule has 28 heavy (non-hydrogen) atoms. The third-order valence-electron chi connectivity index (χ3n) is 3.91. The van der Waals surface area contributed by atoms with Gasteiger partial charge in [-0.15, -0.1) is 0 Å². The Labute approximate surface area is 166 Å². The molecule has 0 saturated heterocycles. The molecule has 2 aromatic carbocycles. The summed E-state index contributed by atoms with van der Waals surface area (Å²) in [7, 11) is 0. The summed E-state index contributed by atoms with van der Waals surface area (Å²) < 4.78 is 5.77. The first-order valence-corrected chi connectivity index (χ1v) is 9.32. The summed E-state index contributed by atoms with van der Waals surface area (Å²) in [5.74, 6) is 0.667. The van der Waals surface area contributed by atoms with Gasteiger partial charge in [0.15, 0.2) is 0 Å². The minimum Gasteiger partial charge on any atom is -0.491 e. The molecule has 2 rings (SSSR count). The number of hydrogen-bond donors (Lipinski definition) is 3. The summed E-state index contributed by atoms with van der Waals surface area (Å²) in [6, 6.07) is 12.4. The van der Waals surface area contributed by atoms with Crippen LogP contribution in [0.4, 0.5) is 10.5 Å². The van der Waals surface area contributed by atoms with Gasteiger partial charge in [-0.1, -0.05) is 24.3 Å². The third kappa shape index (κ3) is 6.61. The molecule has 0 fully saturated rings. The van der Waals surface area contributed by atoms with Gasteiger partial charge in [-0.25, -0.2) is 4.79 Å². The predicted octanol–water partition coefficient (Wildman–Crippen LogP) is 4.03. The highest BCUT2D eigenvalue weighted by Crippen LogP contribution is 2.21. The second-order valence-electron chi connectivity index (χ2n) is 7.74. The molecule has 0 aliphatic carbocycles. The van der Waals surface area contributed by atoms with Crippen molar-refractivity contribution >= 4 is 17.6 Å². The van der Waals surface area contributed by atoms with Crippen molar-refractivity contribution in [3.63, 3.8) is 0 Å². The van der Waals surface area contributed by atoms with Crippen molar-refractivity contribution in [2.45, 2.75) is 40.2 Å². The summed E-state index contributed by atoms with van der Waals surface area (Å²) in [6.45, 7) is 10.5. The average Bonchev–Trinajstić information content (AvgIpc) is 2.59. The van der Waals surface area contributed by atoms with Gasteiger partial charge < -0.3 is 20.7 Å². The number of amides is 3. The molecule has 3 amide bonds. The molecule has 6 nitrogen and oxygen atoms in total. The molecule has 0 heterocycles. The van der Waals surface area contributed by atoms with Crippen molar-refractivity contribution in [1.29, 1.82) is 0 Å². The lowest BCUT2D eigenvalue weighted by molar-refractivity contribution is 0.0919. The van der Waals surface area contributed by atoms with Crippen LogP contribution >= 0.6 is 0 Å². The van der Waals surface area contributed by atoms with Crippen LogP contribution in [0.3, 0.4) is 0 Å². The quantitative estimate of drug-likeness (QED) is 0.659. The SMILES string of the molecule is Cc1cccc(C)c1OCCNC(=O)Nc1cccc(C(=O)NC(C)(C)C)c1. The lowest BCUT2D eigenvalue weighted by Crippen LogP contribution is -2.40. The minimum absolute atomic E-state index is 0.182. The molecule has 2 aromatic rings. The summed E-state index contributed by atoms with van der Waals surface area (Å²) in [5, 5.41) is 8.39. The summed E-state index contributed by atoms with van der Waals surface area (Å²) >= 11 is 0. The van der Waals surface area contributed by atoms with E-state index in [4.69, 9.17) is 4.74 Å². The van der Waals surface area contributed by atoms with Crippen LogP contribution in [0.2, 0.25) is 0 Å². The maximum atomic E-state index is 12.2. The Balaban J connectivity index is 1.83. The number of hydrogen-bond acceptors (Lipinski definition) is 3. The highest BCUT2D eigenvalue weighted by Gasteiger charge is 2.15. The van der Waals surface area contributed by atoms with Gasteiger partial charge in [0, 0.05) is 16.8 Å². The fourth-order valence-corrected chi connectivity index (χ4v) is 2.67. The van der Waals surface area contributed by atoms with Crippen LogP contribution in [0, 0.1) is 13.8 Å². The molecule has 3 N–H and O–H groups in total. The summed E-state index contributed by atoms with van der Waals surface area (Å²) in [6.07, 6.45) is 0. The van der Waals surface area contributed by atoms with E-state index >= 15 is 0 Å². The number of para-hydroxylation sites is 1. The van der Waals surface area contributed by atoms with Crippen molar-refractivity contribution in [3.05, 3.63) is 59.2 Å². The normalized spacial score (nSPS) is 10.9. The Morgan fingerprint density at radius 3 is 2.29 bits per heavy atom. The van der Waals surface area contributed by atoms with Crippen LogP contribution in [0.1, 0.15) is 42.3 Å². The van der Waals surface area contributed by atoms with E-state index in [1.165, 1.54) is 0 Å². The van der Waals surface area contributed by atoms with Gasteiger partial charge in [0.2, 0.25) is 0 Å². The number of anilines is 1. The molecule has 0 aromatic heterocycles. The van der Waals surface area contributed by atoms with Crippen molar-refractivity contribution in [1.82, 2.24) is 10.6 Å². The highest BCUT2D eigenvalue weighted by atomic mass is 16.5. The van der Waals surface area contributed by atoms with E-state index in [2.05, 4.69) is 16.0 Å². The van der Waals surface area contributed by atoms with E-state index in [1.54, 1.807) is 24.3 Å². The molecular weight excluding hydrogens is 354 g/mol. The smallest absolute Gasteiger partial charge is 0.319 e. The highest BCUT2D eigenvalue weighted by molar-refractivity contribution is 5.97. The second kappa shape index (κ2) is 9.26. The van der Waals surface area contributed by atoms with Crippen molar-refractivity contribution in [2.75, 3.05) is 18.5 Å². The molecular formula is C22H29N3O3. The second-order valence-corrected chi connectivity index (χ2v) is 7.74. The lowest BCUT2D eigenvalue weighted by Gasteiger charge is -2.20. The number of carbonyl (C=O) groups excluding carboxylic acids is 2. The maximum absolute atomic E-state index is 12.2. The number of rotatable bonds is 6. The van der Waals surface area contributed by atoms with E-state index in [-0.39, 0.29) is 17.5 Å². The average molecular weight is 383 g/mol. The monoisotopic (exact) mass is 383 g/mol. The first kappa shape index (κ1) is 21.3. The molecule has 6 heteroatoms. The Kier molecular flexibility index (Phi) is 7.04. The Morgan fingerprint density at radius 2 is 1.64 bits per heavy atom. The molecule has 0 aliphatic heterocycles. The van der Waals surface area contributed by atoms with Crippen molar-refractivity contribution in [3.8, 4) is 5.75 Å². The van der Waals surface area contributed by atoms with Gasteiger partial charge in [0.1, 0.15) is 12.4 Å². The Hall–Kier alpha value is -3.02. The largest absolute Gasteiger partial charge is 0.491 e. The molecule has 0 spiro atoms. The Bertz CT molecular complexity index is 821. The van der Waals surface area contributed by atoms with E-state index in [0.29, 0.717) is 24.4 Å². The van der Waals surface area contributed by atoms with E-state index in [0.717, 1.165) is 16.9 Å². The predicted molar refractivity (Wildman–Crippen MR) is 112 cm³/mol. The van der Waals surface area contributed by atoms with E-state index in [1.807, 2.05) is 52.8 Å². The van der Waals surface area contributed by atoms with Gasteiger partial charge in [-0.3, -0.25) is 4.79 Å². The summed E-state index contributed by atoms with van der Waals surface area (Å²) in [4.78, 5) is 24.3. The third-order valence-corrected chi connectivity index (χ3v) is 3.91. The zero-order valence-corrected chi connectivity index (χ0v) is 17.2. The molecule has 0 radical (unpaired) electrons. The molecule has 0 atom stereocenters. The van der Waals surface area contributed by atoms with Crippen LogP contribution in [-0.4, -0.2) is 30.6 Å². The molecule has 0 bridgehead atoms. The fourth-order valence-electron chi connectivity index (χ4n) is 2.67. The number of aryl methyl sites for hydroxylation is 2. The van der Waals surface area contributed by atoms with Gasteiger partial charge in [0.25, 0.3) is 5.91 Å². The fraction of sp³-hybridized carbons (Fsp3) is 0.364. The number of benzene rings is 2. The zero-order chi connectivity index (χ0) is 20.7. The van der Waals surface area contributed by atoms with Crippen molar-refractivity contribution < 1.29 is 14.3 Å².